The predicted octanol–water partition coefficient (Wildman–Crippen LogP) is 4.85. The average Bonchev–Trinajstić information content (AvgIpc) is 3.15. The molecule has 1 fully saturated rings. The van der Waals surface area contributed by atoms with E-state index in [1.165, 1.54) is 6.20 Å². The maximum absolute atomic E-state index is 14.2. The number of fused-ring (bicyclic) bond motifs is 1. The number of H-pyrrole nitrogens is 1. The Morgan fingerprint density at radius 3 is 2.87 bits per heavy atom. The minimum atomic E-state index is -1.38. The molecule has 0 amide bonds. The SMILES string of the molecule is CCOCC[SH+](=O)N1CCC(c2ccc(-c3ccnc4[nH]cc(F)c34)cc2Cl)CC1. The first-order chi connectivity index (χ1) is 14.6. The highest BCUT2D eigenvalue weighted by atomic mass is 35.5. The van der Waals surface area contributed by atoms with Gasteiger partial charge in [0.2, 0.25) is 0 Å². The standard InChI is InChI=1S/C22H25ClFN3O2S/c1-2-29-11-12-30(28)27-9-6-15(7-10-27)17-4-3-16(13-19(17)23)18-5-8-25-22-21(18)20(24)14-26-22/h3-5,8,13-15H,2,6-7,9-12H2,1H3,(H,25,26)/p+1. The van der Waals surface area contributed by atoms with Crippen LogP contribution < -0.4 is 0 Å². The summed E-state index contributed by atoms with van der Waals surface area (Å²) < 4.78 is 34.0. The van der Waals surface area contributed by atoms with Gasteiger partial charge < -0.3 is 9.72 Å². The number of piperidine rings is 1. The van der Waals surface area contributed by atoms with Crippen LogP contribution in [-0.4, -0.2) is 46.3 Å². The topological polar surface area (TPSA) is 58.2 Å². The second-order valence-electron chi connectivity index (χ2n) is 7.46. The summed E-state index contributed by atoms with van der Waals surface area (Å²) in [5.74, 6) is 0.595. The first-order valence-electron chi connectivity index (χ1n) is 10.3. The van der Waals surface area contributed by atoms with Crippen LogP contribution in [0.1, 0.15) is 31.2 Å². The zero-order chi connectivity index (χ0) is 21.1. The third kappa shape index (κ3) is 4.44. The highest BCUT2D eigenvalue weighted by Gasteiger charge is 2.28. The molecule has 1 saturated heterocycles. The van der Waals surface area contributed by atoms with E-state index in [9.17, 15) is 8.60 Å². The molecule has 1 aromatic carbocycles. The number of nitrogens with one attached hydrogen (secondary N) is 1. The summed E-state index contributed by atoms with van der Waals surface area (Å²) in [6.07, 6.45) is 4.82. The molecule has 8 heteroatoms. The zero-order valence-electron chi connectivity index (χ0n) is 16.9. The van der Waals surface area contributed by atoms with Gasteiger partial charge >= 0.3 is 0 Å². The van der Waals surface area contributed by atoms with Crippen LogP contribution in [0.3, 0.4) is 0 Å². The van der Waals surface area contributed by atoms with Gasteiger partial charge in [-0.2, -0.15) is 0 Å². The van der Waals surface area contributed by atoms with E-state index < -0.39 is 11.0 Å². The van der Waals surface area contributed by atoms with Crippen molar-refractivity contribution in [3.63, 3.8) is 0 Å². The number of benzene rings is 1. The van der Waals surface area contributed by atoms with Gasteiger partial charge in [0.25, 0.3) is 0 Å². The molecule has 5 nitrogen and oxygen atoms in total. The molecule has 1 N–H and O–H groups in total. The van der Waals surface area contributed by atoms with Crippen LogP contribution in [0.15, 0.2) is 36.7 Å². The summed E-state index contributed by atoms with van der Waals surface area (Å²) in [6.45, 7) is 4.73. The van der Waals surface area contributed by atoms with Crippen LogP contribution in [0.5, 0.6) is 0 Å². The van der Waals surface area contributed by atoms with Crippen LogP contribution in [0.2, 0.25) is 5.02 Å². The predicted molar refractivity (Wildman–Crippen MR) is 121 cm³/mol. The summed E-state index contributed by atoms with van der Waals surface area (Å²) in [5.41, 5.74) is 3.26. The van der Waals surface area contributed by atoms with Crippen molar-refractivity contribution in [2.75, 3.05) is 32.1 Å². The number of hydrogen-bond acceptors (Lipinski definition) is 3. The monoisotopic (exact) mass is 450 g/mol. The van der Waals surface area contributed by atoms with Crippen molar-refractivity contribution in [3.05, 3.63) is 53.1 Å². The number of halogens is 2. The fourth-order valence-corrected chi connectivity index (χ4v) is 5.69. The molecule has 0 bridgehead atoms. The molecule has 30 heavy (non-hydrogen) atoms. The Kier molecular flexibility index (Phi) is 6.83. The smallest absolute Gasteiger partial charge is 0.151 e. The largest absolute Gasteiger partial charge is 0.377 e. The van der Waals surface area contributed by atoms with Crippen molar-refractivity contribution in [1.82, 2.24) is 14.3 Å². The number of ether oxygens (including phenoxy) is 1. The molecule has 160 valence electrons. The van der Waals surface area contributed by atoms with E-state index in [-0.39, 0.29) is 5.82 Å². The van der Waals surface area contributed by atoms with Crippen molar-refractivity contribution in [1.29, 1.82) is 0 Å². The summed E-state index contributed by atoms with van der Waals surface area (Å²) >= 11 is 6.66. The lowest BCUT2D eigenvalue weighted by molar-refractivity contribution is 0.163. The third-order valence-corrected chi connectivity index (χ3v) is 7.62. The Morgan fingerprint density at radius 1 is 1.33 bits per heavy atom. The number of aromatic nitrogens is 2. The van der Waals surface area contributed by atoms with Gasteiger partial charge in [0.1, 0.15) is 16.6 Å². The lowest BCUT2D eigenvalue weighted by Crippen LogP contribution is -2.36. The zero-order valence-corrected chi connectivity index (χ0v) is 18.6. The maximum atomic E-state index is 14.2. The second kappa shape index (κ2) is 9.56. The van der Waals surface area contributed by atoms with Crippen LogP contribution in [0.25, 0.3) is 22.2 Å². The number of aromatic amines is 1. The van der Waals surface area contributed by atoms with Gasteiger partial charge in [-0.1, -0.05) is 27.9 Å². The summed E-state index contributed by atoms with van der Waals surface area (Å²) in [7, 11) is -1.38. The van der Waals surface area contributed by atoms with Crippen LogP contribution in [0, 0.1) is 5.82 Å². The van der Waals surface area contributed by atoms with Crippen LogP contribution >= 0.6 is 11.6 Å². The van der Waals surface area contributed by atoms with Crippen molar-refractivity contribution in [3.8, 4) is 11.1 Å². The Morgan fingerprint density at radius 2 is 2.13 bits per heavy atom. The number of hydrogen-bond donors (Lipinski definition) is 1. The minimum absolute atomic E-state index is 0.320. The van der Waals surface area contributed by atoms with E-state index in [1.54, 1.807) is 6.20 Å². The van der Waals surface area contributed by atoms with Crippen LogP contribution in [-0.2, 0) is 19.9 Å². The van der Waals surface area contributed by atoms with Gasteiger partial charge in [-0.3, -0.25) is 0 Å². The molecule has 1 aliphatic rings. The normalized spacial score (nSPS) is 16.9. The molecular weight excluding hydrogens is 425 g/mol. The fraction of sp³-hybridized carbons (Fsp3) is 0.409. The van der Waals surface area contributed by atoms with Crippen LogP contribution in [0.4, 0.5) is 4.39 Å². The number of rotatable bonds is 7. The second-order valence-corrected chi connectivity index (χ2v) is 9.58. The molecule has 0 aliphatic carbocycles. The van der Waals surface area contributed by atoms with E-state index in [4.69, 9.17) is 16.3 Å². The molecule has 1 aliphatic heterocycles. The maximum Gasteiger partial charge on any atom is 0.151 e. The quantitative estimate of drug-likeness (QED) is 0.318. The third-order valence-electron chi connectivity index (χ3n) is 5.69. The first kappa shape index (κ1) is 21.4. The van der Waals surface area contributed by atoms with E-state index >= 15 is 0 Å². The Bertz CT molecular complexity index is 1050. The molecule has 2 aromatic heterocycles. The average molecular weight is 451 g/mol. The molecule has 1 atom stereocenters. The molecule has 0 spiro atoms. The Balaban J connectivity index is 1.47. The van der Waals surface area contributed by atoms with E-state index in [0.29, 0.717) is 40.9 Å². The van der Waals surface area contributed by atoms with Crippen molar-refractivity contribution < 1.29 is 13.3 Å². The van der Waals surface area contributed by atoms with Crippen molar-refractivity contribution >= 4 is 33.6 Å². The molecule has 1 unspecified atom stereocenters. The lowest BCUT2D eigenvalue weighted by Gasteiger charge is -2.28. The van der Waals surface area contributed by atoms with E-state index in [2.05, 4.69) is 14.3 Å². The highest BCUT2D eigenvalue weighted by molar-refractivity contribution is 7.82. The van der Waals surface area contributed by atoms with Gasteiger partial charge in [-0.05, 0) is 54.5 Å². The number of nitrogens with zero attached hydrogens (tertiary/aromatic N) is 2. The van der Waals surface area contributed by atoms with Crippen molar-refractivity contribution in [2.45, 2.75) is 25.7 Å². The van der Waals surface area contributed by atoms with Crippen molar-refractivity contribution in [2.24, 2.45) is 0 Å². The molecule has 3 aromatic rings. The minimum Gasteiger partial charge on any atom is -0.377 e. The highest BCUT2D eigenvalue weighted by Crippen LogP contribution is 2.37. The molecule has 0 radical (unpaired) electrons. The number of pyridine rings is 1. The molecule has 0 saturated carbocycles. The summed E-state index contributed by atoms with van der Waals surface area (Å²) in [5, 5.41) is 1.16. The van der Waals surface area contributed by atoms with Gasteiger partial charge in [-0.25, -0.2) is 9.37 Å². The summed E-state index contributed by atoms with van der Waals surface area (Å²) in [6, 6.07) is 7.76. The molecule has 3 heterocycles. The lowest BCUT2D eigenvalue weighted by atomic mass is 9.89. The Labute approximate surface area is 183 Å². The summed E-state index contributed by atoms with van der Waals surface area (Å²) in [4.78, 5) is 7.03. The van der Waals surface area contributed by atoms with Gasteiger partial charge in [0, 0.05) is 37.1 Å². The first-order valence-corrected chi connectivity index (χ1v) is 12.0. The molecular formula is C22H26ClFN3O2S+. The van der Waals surface area contributed by atoms with E-state index in [1.807, 2.05) is 31.2 Å². The molecule has 4 rings (SSSR count). The van der Waals surface area contributed by atoms with Gasteiger partial charge in [0.05, 0.1) is 12.0 Å². The fourth-order valence-electron chi connectivity index (χ4n) is 4.11. The number of thiol groups is 1. The Hall–Kier alpha value is -1.80. The van der Waals surface area contributed by atoms with Gasteiger partial charge in [0.15, 0.2) is 11.6 Å². The van der Waals surface area contributed by atoms with Gasteiger partial charge in [-0.15, -0.1) is 4.31 Å². The van der Waals surface area contributed by atoms with E-state index in [0.717, 1.165) is 42.6 Å².